The fraction of sp³-hybridized carbons (Fsp3) is 0.357. The van der Waals surface area contributed by atoms with Gasteiger partial charge in [-0.2, -0.15) is 0 Å². The van der Waals surface area contributed by atoms with E-state index in [9.17, 15) is 13.2 Å². The molecule has 1 aromatic carbocycles. The number of carbonyl (C=O) groups excluding carboxylic acids is 1. The molecule has 0 spiro atoms. The van der Waals surface area contributed by atoms with E-state index in [0.29, 0.717) is 13.0 Å². The van der Waals surface area contributed by atoms with Crippen LogP contribution in [-0.4, -0.2) is 31.1 Å². The number of halogens is 1. The van der Waals surface area contributed by atoms with E-state index in [0.717, 1.165) is 34.8 Å². The quantitative estimate of drug-likeness (QED) is 0.534. The number of rotatable bonds is 8. The third-order valence-electron chi connectivity index (χ3n) is 3.04. The average Bonchev–Trinajstić information content (AvgIpc) is 2.97. The summed E-state index contributed by atoms with van der Waals surface area (Å²) >= 11 is 6.88. The zero-order chi connectivity index (χ0) is 17.6. The van der Waals surface area contributed by atoms with Crippen molar-refractivity contribution >= 4 is 44.0 Å². The second kappa shape index (κ2) is 8.52. The van der Waals surface area contributed by atoms with Gasteiger partial charge in [0.15, 0.2) is 0 Å². The van der Waals surface area contributed by atoms with Crippen molar-refractivity contribution in [3.05, 3.63) is 34.9 Å². The highest BCUT2D eigenvalue weighted by Crippen LogP contribution is 2.20. The van der Waals surface area contributed by atoms with Crippen molar-refractivity contribution in [2.24, 2.45) is 0 Å². The summed E-state index contributed by atoms with van der Waals surface area (Å²) < 4.78 is 26.5. The van der Waals surface area contributed by atoms with Crippen molar-refractivity contribution in [1.82, 2.24) is 14.9 Å². The Morgan fingerprint density at radius 2 is 2.00 bits per heavy atom. The third-order valence-corrected chi connectivity index (χ3v) is 6.08. The first kappa shape index (κ1) is 18.8. The van der Waals surface area contributed by atoms with Gasteiger partial charge in [0.2, 0.25) is 15.4 Å². The maximum absolute atomic E-state index is 12.1. The van der Waals surface area contributed by atoms with Gasteiger partial charge >= 0.3 is 0 Å². The Morgan fingerprint density at radius 1 is 1.25 bits per heavy atom. The van der Waals surface area contributed by atoms with E-state index in [1.165, 1.54) is 6.92 Å². The molecule has 1 aromatic heterocycles. The van der Waals surface area contributed by atoms with E-state index in [-0.39, 0.29) is 15.4 Å². The number of nitrogens with zero attached hydrogens (tertiary/aromatic N) is 2. The summed E-state index contributed by atoms with van der Waals surface area (Å²) in [5.74, 6) is -0.331. The molecule has 7 nitrogen and oxygen atoms in total. The Bertz CT molecular complexity index is 808. The summed E-state index contributed by atoms with van der Waals surface area (Å²) in [6.45, 7) is 1.61. The van der Waals surface area contributed by atoms with Gasteiger partial charge in [0.1, 0.15) is 0 Å². The molecule has 0 aliphatic heterocycles. The zero-order valence-corrected chi connectivity index (χ0v) is 15.3. The zero-order valence-electron chi connectivity index (χ0n) is 13.0. The molecule has 0 aliphatic carbocycles. The number of hydrogen-bond donors (Lipinski definition) is 2. The molecule has 130 valence electrons. The number of nitrogens with one attached hydrogen (secondary N) is 2. The fourth-order valence-corrected chi connectivity index (χ4v) is 4.22. The Hall–Kier alpha value is -1.55. The van der Waals surface area contributed by atoms with Crippen LogP contribution in [0.25, 0.3) is 0 Å². The molecule has 0 unspecified atom stereocenters. The molecule has 0 aliphatic rings. The summed E-state index contributed by atoms with van der Waals surface area (Å²) in [6.07, 6.45) is 2.26. The van der Waals surface area contributed by atoms with E-state index >= 15 is 0 Å². The molecule has 0 saturated carbocycles. The smallest absolute Gasteiger partial charge is 0.269 e. The highest BCUT2D eigenvalue weighted by molar-refractivity contribution is 7.91. The lowest BCUT2D eigenvalue weighted by atomic mass is 10.1. The molecule has 0 atom stereocenters. The topological polar surface area (TPSA) is 101 Å². The number of benzene rings is 1. The van der Waals surface area contributed by atoms with E-state index in [1.807, 2.05) is 24.3 Å². The van der Waals surface area contributed by atoms with Gasteiger partial charge < -0.3 is 5.32 Å². The molecule has 1 heterocycles. The number of sulfonamides is 1. The predicted octanol–water partition coefficient (Wildman–Crippen LogP) is 2.45. The number of amides is 1. The lowest BCUT2D eigenvalue weighted by molar-refractivity contribution is -0.114. The van der Waals surface area contributed by atoms with Crippen molar-refractivity contribution < 1.29 is 13.2 Å². The summed E-state index contributed by atoms with van der Waals surface area (Å²) in [7, 11) is -3.71. The molecule has 0 radical (unpaired) electrons. The van der Waals surface area contributed by atoms with Gasteiger partial charge in [-0.25, -0.2) is 13.1 Å². The first-order valence-electron chi connectivity index (χ1n) is 7.22. The normalized spacial score (nSPS) is 11.4. The van der Waals surface area contributed by atoms with Crippen molar-refractivity contribution in [2.75, 3.05) is 11.9 Å². The van der Waals surface area contributed by atoms with Crippen LogP contribution in [0.4, 0.5) is 5.13 Å². The molecule has 10 heteroatoms. The standard InChI is InChI=1S/C14H17ClN4O3S2/c1-10(20)17-13-18-19-14(23-13)24(21,22)16-9-5-4-7-11-6-2-3-8-12(11)15/h2-3,6,8,16H,4-5,7,9H2,1H3,(H,17,18,20). The highest BCUT2D eigenvalue weighted by atomic mass is 35.5. The van der Waals surface area contributed by atoms with Gasteiger partial charge in [-0.3, -0.25) is 4.79 Å². The molecular formula is C14H17ClN4O3S2. The molecule has 0 bridgehead atoms. The number of aryl methyl sites for hydroxylation is 1. The van der Waals surface area contributed by atoms with Gasteiger partial charge in [0.25, 0.3) is 10.0 Å². The SMILES string of the molecule is CC(=O)Nc1nnc(S(=O)(=O)NCCCCc2ccccc2Cl)s1. The number of unbranched alkanes of at least 4 members (excludes halogenated alkanes) is 1. The largest absolute Gasteiger partial charge is 0.301 e. The minimum atomic E-state index is -3.71. The lowest BCUT2D eigenvalue weighted by Gasteiger charge is -2.05. The fourth-order valence-electron chi connectivity index (χ4n) is 1.93. The summed E-state index contributed by atoms with van der Waals surface area (Å²) in [6, 6.07) is 7.59. The Labute approximate surface area is 149 Å². The second-order valence-electron chi connectivity index (χ2n) is 5.00. The first-order chi connectivity index (χ1) is 11.4. The van der Waals surface area contributed by atoms with Gasteiger partial charge in [0, 0.05) is 18.5 Å². The summed E-state index contributed by atoms with van der Waals surface area (Å²) in [4.78, 5) is 10.9. The average molecular weight is 389 g/mol. The Balaban J connectivity index is 1.79. The van der Waals surface area contributed by atoms with Crippen LogP contribution in [-0.2, 0) is 21.2 Å². The van der Waals surface area contributed by atoms with Crippen molar-refractivity contribution in [3.8, 4) is 0 Å². The maximum atomic E-state index is 12.1. The second-order valence-corrected chi connectivity index (χ2v) is 8.33. The van der Waals surface area contributed by atoms with Crippen molar-refractivity contribution in [3.63, 3.8) is 0 Å². The number of hydrogen-bond acceptors (Lipinski definition) is 6. The van der Waals surface area contributed by atoms with Gasteiger partial charge in [-0.05, 0) is 30.9 Å². The van der Waals surface area contributed by atoms with Crippen LogP contribution < -0.4 is 10.0 Å². The number of carbonyl (C=O) groups is 1. The Kier molecular flexibility index (Phi) is 6.67. The van der Waals surface area contributed by atoms with Crippen molar-refractivity contribution in [1.29, 1.82) is 0 Å². The monoisotopic (exact) mass is 388 g/mol. The minimum Gasteiger partial charge on any atom is -0.301 e. The minimum absolute atomic E-state index is 0.154. The molecular weight excluding hydrogens is 372 g/mol. The molecule has 2 aromatic rings. The molecule has 1 amide bonds. The highest BCUT2D eigenvalue weighted by Gasteiger charge is 2.19. The van der Waals surface area contributed by atoms with Crippen LogP contribution in [0.1, 0.15) is 25.3 Å². The Morgan fingerprint density at radius 3 is 2.71 bits per heavy atom. The maximum Gasteiger partial charge on any atom is 0.269 e. The molecule has 24 heavy (non-hydrogen) atoms. The number of anilines is 1. The molecule has 2 N–H and O–H groups in total. The van der Waals surface area contributed by atoms with E-state index < -0.39 is 10.0 Å². The predicted molar refractivity (Wildman–Crippen MR) is 93.8 cm³/mol. The molecule has 0 fully saturated rings. The van der Waals surface area contributed by atoms with Crippen LogP contribution >= 0.6 is 22.9 Å². The van der Waals surface area contributed by atoms with Gasteiger partial charge in [-0.1, -0.05) is 41.1 Å². The molecule has 0 saturated heterocycles. The van der Waals surface area contributed by atoms with Crippen LogP contribution in [0.3, 0.4) is 0 Å². The van der Waals surface area contributed by atoms with Gasteiger partial charge in [0.05, 0.1) is 0 Å². The van der Waals surface area contributed by atoms with Crippen LogP contribution in [0.5, 0.6) is 0 Å². The first-order valence-corrected chi connectivity index (χ1v) is 9.90. The number of aromatic nitrogens is 2. The van der Waals surface area contributed by atoms with E-state index in [2.05, 4.69) is 20.2 Å². The van der Waals surface area contributed by atoms with Gasteiger partial charge in [-0.15, -0.1) is 10.2 Å². The van der Waals surface area contributed by atoms with E-state index in [4.69, 9.17) is 11.6 Å². The summed E-state index contributed by atoms with van der Waals surface area (Å²) in [5.41, 5.74) is 1.05. The van der Waals surface area contributed by atoms with Crippen LogP contribution in [0.15, 0.2) is 28.6 Å². The third kappa shape index (κ3) is 5.52. The van der Waals surface area contributed by atoms with E-state index in [1.54, 1.807) is 0 Å². The van der Waals surface area contributed by atoms with Crippen molar-refractivity contribution in [2.45, 2.75) is 30.5 Å². The van der Waals surface area contributed by atoms with Crippen LogP contribution in [0.2, 0.25) is 5.02 Å². The lowest BCUT2D eigenvalue weighted by Crippen LogP contribution is -2.24. The molecule has 2 rings (SSSR count). The van der Waals surface area contributed by atoms with Crippen LogP contribution in [0, 0.1) is 0 Å². The summed E-state index contributed by atoms with van der Waals surface area (Å²) in [5, 5.41) is 10.5.